The lowest BCUT2D eigenvalue weighted by molar-refractivity contribution is 1.46. The number of hydrogen-bond acceptors (Lipinski definition) is 1. The molecular weight excluding hydrogens is 386 g/mol. The number of rotatable bonds is 4. The van der Waals surface area contributed by atoms with E-state index in [2.05, 4.69) is 60.7 Å². The van der Waals surface area contributed by atoms with Gasteiger partial charge in [-0.2, -0.15) is 5.26 Å². The molecule has 0 heterocycles. The van der Waals surface area contributed by atoms with Gasteiger partial charge in [-0.25, -0.2) is 0 Å². The summed E-state index contributed by atoms with van der Waals surface area (Å²) >= 11 is 0. The maximum Gasteiger partial charge on any atom is 0.100 e. The van der Waals surface area contributed by atoms with Crippen LogP contribution in [-0.4, -0.2) is 0 Å². The van der Waals surface area contributed by atoms with Crippen LogP contribution < -0.4 is 0 Å². The van der Waals surface area contributed by atoms with Crippen molar-refractivity contribution in [3.05, 3.63) is 133 Å². The van der Waals surface area contributed by atoms with E-state index in [9.17, 15) is 5.26 Å². The standard InChI is InChI=1S/C31H20N/c32-22-29-30(25-17-9-3-10-18-25)27(23-13-5-1-6-14-23)21-28(24-15-7-2-8-16-24)31(29)26-19-11-4-12-20-26/h1-20H. The highest BCUT2D eigenvalue weighted by molar-refractivity contribution is 5.99. The normalized spacial score (nSPS) is 10.5. The number of benzene rings is 5. The van der Waals surface area contributed by atoms with E-state index < -0.39 is 0 Å². The minimum Gasteiger partial charge on any atom is -0.192 e. The predicted octanol–water partition coefficient (Wildman–Crippen LogP) is 8.03. The molecule has 0 aromatic heterocycles. The first-order valence-corrected chi connectivity index (χ1v) is 10.6. The second-order valence-corrected chi connectivity index (χ2v) is 7.58. The van der Waals surface area contributed by atoms with Crippen molar-refractivity contribution < 1.29 is 0 Å². The average molecular weight is 407 g/mol. The van der Waals surface area contributed by atoms with Crippen LogP contribution in [0.3, 0.4) is 0 Å². The molecule has 5 aromatic carbocycles. The molecule has 5 aromatic rings. The fourth-order valence-corrected chi connectivity index (χ4v) is 4.17. The third-order valence-corrected chi connectivity index (χ3v) is 5.61. The van der Waals surface area contributed by atoms with Gasteiger partial charge in [0.25, 0.3) is 0 Å². The first kappa shape index (κ1) is 19.5. The van der Waals surface area contributed by atoms with Gasteiger partial charge < -0.3 is 0 Å². The van der Waals surface area contributed by atoms with Crippen molar-refractivity contribution in [3.63, 3.8) is 0 Å². The molecular formula is C31H20N. The molecule has 32 heavy (non-hydrogen) atoms. The van der Waals surface area contributed by atoms with E-state index in [4.69, 9.17) is 0 Å². The lowest BCUT2D eigenvalue weighted by Gasteiger charge is -2.20. The fourth-order valence-electron chi connectivity index (χ4n) is 4.17. The van der Waals surface area contributed by atoms with Crippen molar-refractivity contribution in [3.8, 4) is 50.6 Å². The highest BCUT2D eigenvalue weighted by Gasteiger charge is 2.22. The van der Waals surface area contributed by atoms with Gasteiger partial charge in [-0.1, -0.05) is 121 Å². The monoisotopic (exact) mass is 406 g/mol. The second-order valence-electron chi connectivity index (χ2n) is 7.58. The van der Waals surface area contributed by atoms with Gasteiger partial charge in [0.2, 0.25) is 0 Å². The van der Waals surface area contributed by atoms with Gasteiger partial charge >= 0.3 is 0 Å². The average Bonchev–Trinajstić information content (AvgIpc) is 2.89. The number of nitriles is 1. The van der Waals surface area contributed by atoms with E-state index in [0.29, 0.717) is 5.56 Å². The molecule has 1 heteroatoms. The van der Waals surface area contributed by atoms with Crippen LogP contribution >= 0.6 is 0 Å². The quantitative estimate of drug-likeness (QED) is 0.296. The van der Waals surface area contributed by atoms with Crippen molar-refractivity contribution in [2.24, 2.45) is 0 Å². The van der Waals surface area contributed by atoms with Crippen LogP contribution in [0.2, 0.25) is 0 Å². The SMILES string of the molecule is N#Cc1c(-c2ccccc2)c(-c2ccccc2)[c]c(-c2ccccc2)c1-c1ccccc1. The minimum absolute atomic E-state index is 0.666. The van der Waals surface area contributed by atoms with Crippen LogP contribution in [-0.2, 0) is 0 Å². The summed E-state index contributed by atoms with van der Waals surface area (Å²) in [5.74, 6) is 0. The lowest BCUT2D eigenvalue weighted by Crippen LogP contribution is -1.98. The molecule has 0 N–H and O–H groups in total. The highest BCUT2D eigenvalue weighted by Crippen LogP contribution is 2.44. The maximum absolute atomic E-state index is 10.5. The molecule has 0 unspecified atom stereocenters. The molecule has 5 rings (SSSR count). The van der Waals surface area contributed by atoms with E-state index in [0.717, 1.165) is 44.5 Å². The van der Waals surface area contributed by atoms with Crippen LogP contribution in [0.5, 0.6) is 0 Å². The Bertz CT molecular complexity index is 1280. The Labute approximate surface area is 188 Å². The minimum atomic E-state index is 0.666. The molecule has 149 valence electrons. The summed E-state index contributed by atoms with van der Waals surface area (Å²) in [4.78, 5) is 0. The van der Waals surface area contributed by atoms with Crippen molar-refractivity contribution in [2.75, 3.05) is 0 Å². The second kappa shape index (κ2) is 8.76. The largest absolute Gasteiger partial charge is 0.192 e. The van der Waals surface area contributed by atoms with Crippen LogP contribution in [0.1, 0.15) is 5.56 Å². The van der Waals surface area contributed by atoms with Crippen molar-refractivity contribution in [2.45, 2.75) is 0 Å². The van der Waals surface area contributed by atoms with Gasteiger partial charge in [-0.3, -0.25) is 0 Å². The zero-order valence-corrected chi connectivity index (χ0v) is 17.5. The Kier molecular flexibility index (Phi) is 5.35. The maximum atomic E-state index is 10.5. The van der Waals surface area contributed by atoms with Crippen LogP contribution in [0.4, 0.5) is 0 Å². The molecule has 0 aliphatic rings. The van der Waals surface area contributed by atoms with E-state index >= 15 is 0 Å². The lowest BCUT2D eigenvalue weighted by atomic mass is 9.81. The molecule has 1 radical (unpaired) electrons. The van der Waals surface area contributed by atoms with Gasteiger partial charge in [0, 0.05) is 11.1 Å². The first-order valence-electron chi connectivity index (χ1n) is 10.6. The van der Waals surface area contributed by atoms with Gasteiger partial charge in [0.05, 0.1) is 5.56 Å². The third-order valence-electron chi connectivity index (χ3n) is 5.61. The van der Waals surface area contributed by atoms with Crippen molar-refractivity contribution >= 4 is 0 Å². The summed E-state index contributed by atoms with van der Waals surface area (Å²) < 4.78 is 0. The fraction of sp³-hybridized carbons (Fsp3) is 0. The van der Waals surface area contributed by atoms with Crippen molar-refractivity contribution in [1.29, 1.82) is 5.26 Å². The smallest absolute Gasteiger partial charge is 0.100 e. The Morgan fingerprint density at radius 2 is 0.750 bits per heavy atom. The molecule has 0 fully saturated rings. The molecule has 1 nitrogen and oxygen atoms in total. The zero-order chi connectivity index (χ0) is 21.8. The molecule has 0 saturated heterocycles. The summed E-state index contributed by atoms with van der Waals surface area (Å²) in [6.45, 7) is 0. The topological polar surface area (TPSA) is 23.8 Å². The van der Waals surface area contributed by atoms with Gasteiger partial charge in [-0.05, 0) is 39.4 Å². The van der Waals surface area contributed by atoms with Crippen LogP contribution in [0.25, 0.3) is 44.5 Å². The highest BCUT2D eigenvalue weighted by atomic mass is 14.3. The molecule has 0 atom stereocenters. The van der Waals surface area contributed by atoms with Gasteiger partial charge in [0.1, 0.15) is 6.07 Å². The Hall–Kier alpha value is -4.41. The summed E-state index contributed by atoms with van der Waals surface area (Å²) in [5.41, 5.74) is 8.47. The van der Waals surface area contributed by atoms with Gasteiger partial charge in [0.15, 0.2) is 0 Å². The Morgan fingerprint density at radius 1 is 0.438 bits per heavy atom. The Balaban J connectivity index is 1.95. The van der Waals surface area contributed by atoms with E-state index in [1.165, 1.54) is 0 Å². The zero-order valence-electron chi connectivity index (χ0n) is 17.5. The van der Waals surface area contributed by atoms with Crippen molar-refractivity contribution in [1.82, 2.24) is 0 Å². The molecule has 0 aliphatic carbocycles. The summed E-state index contributed by atoms with van der Waals surface area (Å²) in [7, 11) is 0. The Morgan fingerprint density at radius 3 is 1.06 bits per heavy atom. The summed E-state index contributed by atoms with van der Waals surface area (Å²) in [6, 6.07) is 47.0. The van der Waals surface area contributed by atoms with Crippen LogP contribution in [0, 0.1) is 17.4 Å². The predicted molar refractivity (Wildman–Crippen MR) is 132 cm³/mol. The first-order chi connectivity index (χ1) is 15.9. The third kappa shape index (κ3) is 3.60. The summed E-state index contributed by atoms with van der Waals surface area (Å²) in [6.07, 6.45) is 0. The molecule has 0 bridgehead atoms. The number of nitrogens with zero attached hydrogens (tertiary/aromatic N) is 1. The molecule has 0 spiro atoms. The van der Waals surface area contributed by atoms with Gasteiger partial charge in [-0.15, -0.1) is 0 Å². The van der Waals surface area contributed by atoms with E-state index in [1.807, 2.05) is 72.8 Å². The number of hydrogen-bond donors (Lipinski definition) is 0. The van der Waals surface area contributed by atoms with E-state index in [1.54, 1.807) is 0 Å². The van der Waals surface area contributed by atoms with Crippen LogP contribution in [0.15, 0.2) is 121 Å². The van der Waals surface area contributed by atoms with E-state index in [-0.39, 0.29) is 0 Å². The molecule has 0 amide bonds. The molecule has 0 aliphatic heterocycles. The summed E-state index contributed by atoms with van der Waals surface area (Å²) in [5, 5.41) is 10.5. The molecule has 0 saturated carbocycles.